The van der Waals surface area contributed by atoms with Gasteiger partial charge in [0, 0.05) is 0 Å². The highest BCUT2D eigenvalue weighted by atomic mass is 19.4. The molecule has 0 aromatic heterocycles. The zero-order valence-corrected chi connectivity index (χ0v) is 8.84. The van der Waals surface area contributed by atoms with Crippen LogP contribution in [0.15, 0.2) is 24.3 Å². The maximum atomic E-state index is 12.6. The number of halogens is 3. The van der Waals surface area contributed by atoms with Crippen LogP contribution >= 0.6 is 0 Å². The third kappa shape index (κ3) is 2.41. The lowest BCUT2D eigenvalue weighted by atomic mass is 10.1. The molecule has 0 saturated heterocycles. The van der Waals surface area contributed by atoms with Crippen LogP contribution in [0.2, 0.25) is 0 Å². The molecule has 1 saturated carbocycles. The molecule has 0 aliphatic heterocycles. The quantitative estimate of drug-likeness (QED) is 0.837. The molecule has 0 radical (unpaired) electrons. The number of hydrogen-bond donors (Lipinski definition) is 2. The molecule has 1 aliphatic carbocycles. The number of nitrogens with two attached hydrogens (primary N) is 1. The molecular weight excluding hydrogens is 233 g/mol. The summed E-state index contributed by atoms with van der Waals surface area (Å²) in [5.74, 6) is -0.561. The van der Waals surface area contributed by atoms with Gasteiger partial charge in [0.05, 0.1) is 16.8 Å². The average Bonchev–Trinajstić information content (AvgIpc) is 2.97. The van der Waals surface area contributed by atoms with Crippen molar-refractivity contribution in [1.29, 1.82) is 0 Å². The molecule has 0 spiro atoms. The van der Waals surface area contributed by atoms with Crippen LogP contribution in [0.25, 0.3) is 0 Å². The molecule has 1 aliphatic rings. The van der Waals surface area contributed by atoms with Gasteiger partial charge in [-0.25, -0.2) is 0 Å². The predicted octanol–water partition coefficient (Wildman–Crippen LogP) is 2.14. The number of nitrogens with one attached hydrogen (secondary N) is 1. The summed E-state index contributed by atoms with van der Waals surface area (Å²) in [5, 5.41) is 2.24. The topological polar surface area (TPSA) is 55.1 Å². The van der Waals surface area contributed by atoms with Crippen molar-refractivity contribution in [2.24, 2.45) is 5.73 Å². The molecule has 17 heavy (non-hydrogen) atoms. The van der Waals surface area contributed by atoms with Crippen LogP contribution in [-0.2, 0) is 11.0 Å². The Balaban J connectivity index is 2.24. The Morgan fingerprint density at radius 1 is 1.29 bits per heavy atom. The SMILES string of the molecule is NC1(C(=O)Nc2ccccc2C(F)(F)F)CC1. The lowest BCUT2D eigenvalue weighted by molar-refractivity contribution is -0.137. The van der Waals surface area contributed by atoms with Gasteiger partial charge in [-0.15, -0.1) is 0 Å². The number of benzene rings is 1. The van der Waals surface area contributed by atoms with Crippen molar-refractivity contribution in [3.05, 3.63) is 29.8 Å². The summed E-state index contributed by atoms with van der Waals surface area (Å²) in [5.41, 5.74) is 3.50. The number of rotatable bonds is 2. The van der Waals surface area contributed by atoms with Gasteiger partial charge in [-0.2, -0.15) is 13.2 Å². The smallest absolute Gasteiger partial charge is 0.324 e. The summed E-state index contributed by atoms with van der Waals surface area (Å²) in [7, 11) is 0. The van der Waals surface area contributed by atoms with E-state index in [0.717, 1.165) is 6.07 Å². The Labute approximate surface area is 95.8 Å². The van der Waals surface area contributed by atoms with Crippen LogP contribution in [0.3, 0.4) is 0 Å². The summed E-state index contributed by atoms with van der Waals surface area (Å²) in [6.07, 6.45) is -3.48. The van der Waals surface area contributed by atoms with E-state index in [9.17, 15) is 18.0 Å². The van der Waals surface area contributed by atoms with E-state index in [1.54, 1.807) is 0 Å². The van der Waals surface area contributed by atoms with Gasteiger partial charge >= 0.3 is 6.18 Å². The van der Waals surface area contributed by atoms with Gasteiger partial charge < -0.3 is 11.1 Å². The van der Waals surface area contributed by atoms with Crippen LogP contribution in [-0.4, -0.2) is 11.4 Å². The molecule has 3 nitrogen and oxygen atoms in total. The summed E-state index contributed by atoms with van der Waals surface area (Å²) in [6.45, 7) is 0. The van der Waals surface area contributed by atoms with Gasteiger partial charge in [-0.05, 0) is 25.0 Å². The first-order valence-electron chi connectivity index (χ1n) is 5.09. The minimum Gasteiger partial charge on any atom is -0.324 e. The Bertz CT molecular complexity index is 452. The Morgan fingerprint density at radius 2 is 1.88 bits per heavy atom. The fourth-order valence-electron chi connectivity index (χ4n) is 1.45. The van der Waals surface area contributed by atoms with E-state index in [-0.39, 0.29) is 5.69 Å². The highest BCUT2D eigenvalue weighted by Gasteiger charge is 2.46. The van der Waals surface area contributed by atoms with Crippen LogP contribution in [0.1, 0.15) is 18.4 Å². The maximum Gasteiger partial charge on any atom is 0.418 e. The fraction of sp³-hybridized carbons (Fsp3) is 0.364. The molecule has 92 valence electrons. The Kier molecular flexibility index (Phi) is 2.61. The molecule has 1 amide bonds. The minimum atomic E-state index is -4.49. The molecule has 0 heterocycles. The predicted molar refractivity (Wildman–Crippen MR) is 56.2 cm³/mol. The van der Waals surface area contributed by atoms with E-state index in [4.69, 9.17) is 5.73 Å². The molecule has 1 fully saturated rings. The zero-order valence-electron chi connectivity index (χ0n) is 8.84. The second-order valence-electron chi connectivity index (χ2n) is 4.15. The van der Waals surface area contributed by atoms with Crippen LogP contribution in [0, 0.1) is 0 Å². The van der Waals surface area contributed by atoms with Crippen molar-refractivity contribution in [2.75, 3.05) is 5.32 Å². The van der Waals surface area contributed by atoms with Crippen LogP contribution in [0.5, 0.6) is 0 Å². The van der Waals surface area contributed by atoms with E-state index >= 15 is 0 Å². The van der Waals surface area contributed by atoms with Gasteiger partial charge in [0.25, 0.3) is 0 Å². The van der Waals surface area contributed by atoms with Crippen LogP contribution < -0.4 is 11.1 Å². The van der Waals surface area contributed by atoms with Gasteiger partial charge in [0.2, 0.25) is 5.91 Å². The highest BCUT2D eigenvalue weighted by molar-refractivity contribution is 6.00. The highest BCUT2D eigenvalue weighted by Crippen LogP contribution is 2.37. The summed E-state index contributed by atoms with van der Waals surface area (Å²) in [6, 6.07) is 4.84. The van der Waals surface area contributed by atoms with Gasteiger partial charge in [0.1, 0.15) is 0 Å². The van der Waals surface area contributed by atoms with E-state index in [0.29, 0.717) is 12.8 Å². The maximum absolute atomic E-state index is 12.6. The molecule has 0 atom stereocenters. The lowest BCUT2D eigenvalue weighted by Crippen LogP contribution is -2.38. The lowest BCUT2D eigenvalue weighted by Gasteiger charge is -2.15. The summed E-state index contributed by atoms with van der Waals surface area (Å²) in [4.78, 5) is 11.6. The first-order chi connectivity index (χ1) is 7.83. The molecular formula is C11H11F3N2O. The molecule has 1 aromatic rings. The van der Waals surface area contributed by atoms with Crippen molar-refractivity contribution in [3.8, 4) is 0 Å². The first-order valence-corrected chi connectivity index (χ1v) is 5.09. The molecule has 0 unspecified atom stereocenters. The number of hydrogen-bond acceptors (Lipinski definition) is 2. The van der Waals surface area contributed by atoms with E-state index in [2.05, 4.69) is 5.32 Å². The number of amides is 1. The molecule has 6 heteroatoms. The summed E-state index contributed by atoms with van der Waals surface area (Å²) >= 11 is 0. The molecule has 0 bridgehead atoms. The normalized spacial score (nSPS) is 17.6. The molecule has 2 rings (SSSR count). The van der Waals surface area contributed by atoms with Crippen LogP contribution in [0.4, 0.5) is 18.9 Å². The Hall–Kier alpha value is -1.56. The van der Waals surface area contributed by atoms with Gasteiger partial charge in [-0.3, -0.25) is 4.79 Å². The zero-order chi connectivity index (χ0) is 12.7. The molecule has 1 aromatic carbocycles. The second kappa shape index (κ2) is 3.73. The number of para-hydroxylation sites is 1. The monoisotopic (exact) mass is 244 g/mol. The number of carbonyl (C=O) groups is 1. The fourth-order valence-corrected chi connectivity index (χ4v) is 1.45. The number of alkyl halides is 3. The number of carbonyl (C=O) groups excluding carboxylic acids is 1. The van der Waals surface area contributed by atoms with Gasteiger partial charge in [0.15, 0.2) is 0 Å². The average molecular weight is 244 g/mol. The molecule has 3 N–H and O–H groups in total. The number of anilines is 1. The summed E-state index contributed by atoms with van der Waals surface area (Å²) < 4.78 is 37.9. The van der Waals surface area contributed by atoms with Crippen molar-refractivity contribution >= 4 is 11.6 Å². The van der Waals surface area contributed by atoms with Gasteiger partial charge in [-0.1, -0.05) is 12.1 Å². The second-order valence-corrected chi connectivity index (χ2v) is 4.15. The first kappa shape index (κ1) is 11.9. The largest absolute Gasteiger partial charge is 0.418 e. The van der Waals surface area contributed by atoms with E-state index in [1.807, 2.05) is 0 Å². The third-order valence-electron chi connectivity index (χ3n) is 2.72. The van der Waals surface area contributed by atoms with E-state index in [1.165, 1.54) is 18.2 Å². The van der Waals surface area contributed by atoms with Crippen molar-refractivity contribution in [3.63, 3.8) is 0 Å². The minimum absolute atomic E-state index is 0.248. The third-order valence-corrected chi connectivity index (χ3v) is 2.72. The Morgan fingerprint density at radius 3 is 2.41 bits per heavy atom. The van der Waals surface area contributed by atoms with Crippen molar-refractivity contribution in [2.45, 2.75) is 24.6 Å². The standard InChI is InChI=1S/C11H11F3N2O/c12-11(13,14)7-3-1-2-4-8(7)16-9(17)10(15)5-6-10/h1-4H,5-6,15H2,(H,16,17). The van der Waals surface area contributed by atoms with Crippen molar-refractivity contribution in [1.82, 2.24) is 0 Å². The van der Waals surface area contributed by atoms with E-state index < -0.39 is 23.2 Å². The van der Waals surface area contributed by atoms with Crippen molar-refractivity contribution < 1.29 is 18.0 Å².